The summed E-state index contributed by atoms with van der Waals surface area (Å²) in [7, 11) is -0.414. The van der Waals surface area contributed by atoms with Gasteiger partial charge in [-0.15, -0.1) is 0 Å². The zero-order chi connectivity index (χ0) is 29.9. The van der Waals surface area contributed by atoms with Crippen molar-refractivity contribution < 1.29 is 17.5 Å². The lowest BCUT2D eigenvalue weighted by Gasteiger charge is -2.26. The van der Waals surface area contributed by atoms with Gasteiger partial charge in [0.1, 0.15) is 11.6 Å². The summed E-state index contributed by atoms with van der Waals surface area (Å²) in [5.74, 6) is 0.121. The summed E-state index contributed by atoms with van der Waals surface area (Å²) < 4.78 is 54.2. The Bertz CT molecular complexity index is 2190. The Morgan fingerprint density at radius 1 is 0.977 bits per heavy atom. The van der Waals surface area contributed by atoms with Gasteiger partial charge in [0.25, 0.3) is 0 Å². The van der Waals surface area contributed by atoms with Crippen LogP contribution < -0.4 is 10.4 Å². The quantitative estimate of drug-likeness (QED) is 0.290. The number of rotatable bonds is 7. The third-order valence-electron chi connectivity index (χ3n) is 8.16. The molecule has 0 unspecified atom stereocenters. The summed E-state index contributed by atoms with van der Waals surface area (Å²) in [6, 6.07) is 14.9. The predicted octanol–water partition coefficient (Wildman–Crippen LogP) is 3.11. The molecule has 11 nitrogen and oxygen atoms in total. The maximum Gasteiger partial charge on any atom is 0.328 e. The highest BCUT2D eigenvalue weighted by Gasteiger charge is 2.22. The van der Waals surface area contributed by atoms with Crippen LogP contribution in [0.5, 0.6) is 0 Å². The summed E-state index contributed by atoms with van der Waals surface area (Å²) in [5, 5.41) is 0.641. The van der Waals surface area contributed by atoms with E-state index in [2.05, 4.69) is 14.6 Å². The van der Waals surface area contributed by atoms with Crippen LogP contribution in [0.25, 0.3) is 50.0 Å². The number of imidazole rings is 2. The second-order valence-electron chi connectivity index (χ2n) is 10.7. The number of fused-ring (bicyclic) bond motifs is 3. The van der Waals surface area contributed by atoms with Crippen LogP contribution in [0.4, 0.5) is 4.39 Å². The number of hydrogen-bond donors (Lipinski definition) is 2. The Labute approximate surface area is 246 Å². The maximum atomic E-state index is 14.3. The van der Waals surface area contributed by atoms with Crippen molar-refractivity contribution in [2.24, 2.45) is 14.1 Å². The summed E-state index contributed by atoms with van der Waals surface area (Å²) >= 11 is 0. The highest BCUT2D eigenvalue weighted by Crippen LogP contribution is 2.35. The first-order valence-corrected chi connectivity index (χ1v) is 15.4. The molecule has 3 aromatic carbocycles. The second kappa shape index (κ2) is 10.5. The summed E-state index contributed by atoms with van der Waals surface area (Å²) in [6.45, 7) is 3.67. The van der Waals surface area contributed by atoms with E-state index in [1.54, 1.807) is 53.7 Å². The van der Waals surface area contributed by atoms with E-state index in [1.807, 2.05) is 22.8 Å². The normalized spacial score (nSPS) is 14.9. The van der Waals surface area contributed by atoms with E-state index in [0.29, 0.717) is 58.8 Å². The lowest BCUT2D eigenvalue weighted by Crippen LogP contribution is -2.41. The molecular weight excluding hydrogens is 573 g/mol. The van der Waals surface area contributed by atoms with Gasteiger partial charge in [-0.05, 0) is 54.6 Å². The highest BCUT2D eigenvalue weighted by atomic mass is 32.2. The average Bonchev–Trinajstić information content (AvgIpc) is 3.66. The average molecular weight is 604 g/mol. The van der Waals surface area contributed by atoms with Crippen LogP contribution >= 0.6 is 0 Å². The molecule has 6 aromatic rings. The third-order valence-corrected chi connectivity index (χ3v) is 9.62. The highest BCUT2D eigenvalue weighted by molar-refractivity contribution is 7.89. The van der Waals surface area contributed by atoms with E-state index in [-0.39, 0.29) is 22.9 Å². The molecule has 222 valence electrons. The molecule has 3 aromatic heterocycles. The first-order valence-electron chi connectivity index (χ1n) is 14.0. The van der Waals surface area contributed by atoms with Crippen molar-refractivity contribution in [1.29, 1.82) is 0 Å². The number of H-pyrrole nitrogens is 1. The molecule has 43 heavy (non-hydrogen) atoms. The number of aryl methyl sites for hydroxylation is 2. The standard InChI is InChI=1S/C30H30FN7O4S/c1-35-26-8-4-20(16-28(26)36(2)30(35)39)38-27-17-21(43(40,41)33-9-10-37-11-13-42-14-12-37)5-7-25(27)34-29(38)23-18-32-24-6-3-19(31)15-22(23)24/h3-8,15-18,32-33H,9-14H2,1-2H3. The first kappa shape index (κ1) is 27.5. The molecular formula is C30H30FN7O4S. The Balaban J connectivity index is 1.37. The fourth-order valence-corrected chi connectivity index (χ4v) is 6.86. The lowest BCUT2D eigenvalue weighted by molar-refractivity contribution is 0.0390. The van der Waals surface area contributed by atoms with Gasteiger partial charge in [0.2, 0.25) is 10.0 Å². The molecule has 4 heterocycles. The molecule has 0 aliphatic carbocycles. The summed E-state index contributed by atoms with van der Waals surface area (Å²) in [6.07, 6.45) is 1.77. The Hall–Kier alpha value is -4.30. The molecule has 13 heteroatoms. The van der Waals surface area contributed by atoms with Crippen molar-refractivity contribution in [2.45, 2.75) is 4.90 Å². The number of aromatic nitrogens is 5. The van der Waals surface area contributed by atoms with Gasteiger partial charge in [0.05, 0.1) is 40.2 Å². The monoisotopic (exact) mass is 603 g/mol. The minimum atomic E-state index is -3.83. The van der Waals surface area contributed by atoms with Crippen molar-refractivity contribution in [3.63, 3.8) is 0 Å². The Morgan fingerprint density at radius 2 is 1.77 bits per heavy atom. The van der Waals surface area contributed by atoms with Crippen LogP contribution in [0.2, 0.25) is 0 Å². The van der Waals surface area contributed by atoms with Gasteiger partial charge in [-0.3, -0.25) is 18.6 Å². The molecule has 0 radical (unpaired) electrons. The fourth-order valence-electron chi connectivity index (χ4n) is 5.82. The summed E-state index contributed by atoms with van der Waals surface area (Å²) in [5.41, 5.74) is 4.48. The fraction of sp³-hybridized carbons (Fsp3) is 0.267. The Kier molecular flexibility index (Phi) is 6.69. The molecule has 0 amide bonds. The molecule has 0 atom stereocenters. The number of benzene rings is 3. The number of morpholine rings is 1. The molecule has 1 saturated heterocycles. The van der Waals surface area contributed by atoms with Crippen molar-refractivity contribution in [3.05, 3.63) is 77.1 Å². The minimum Gasteiger partial charge on any atom is -0.379 e. The van der Waals surface area contributed by atoms with Gasteiger partial charge < -0.3 is 9.72 Å². The van der Waals surface area contributed by atoms with Crippen molar-refractivity contribution in [2.75, 3.05) is 39.4 Å². The van der Waals surface area contributed by atoms with Crippen molar-refractivity contribution >= 4 is 43.0 Å². The van der Waals surface area contributed by atoms with Gasteiger partial charge in [-0.25, -0.2) is 27.3 Å². The molecule has 7 rings (SSSR count). The SMILES string of the molecule is Cn1c(=O)n(C)c2cc(-n3c(-c4c[nH]c5ccc(F)cc45)nc4ccc(S(=O)(=O)NCCN5CCOCC5)cc43)ccc21. The molecule has 0 bridgehead atoms. The van der Waals surface area contributed by atoms with Gasteiger partial charge in [0, 0.05) is 68.6 Å². The van der Waals surface area contributed by atoms with E-state index in [4.69, 9.17) is 9.72 Å². The molecule has 1 fully saturated rings. The molecule has 2 N–H and O–H groups in total. The number of ether oxygens (including phenoxy) is 1. The van der Waals surface area contributed by atoms with Gasteiger partial charge in [-0.1, -0.05) is 0 Å². The van der Waals surface area contributed by atoms with Gasteiger partial charge in [-0.2, -0.15) is 0 Å². The predicted molar refractivity (Wildman–Crippen MR) is 162 cm³/mol. The molecule has 1 aliphatic rings. The number of nitrogens with one attached hydrogen (secondary N) is 2. The number of hydrogen-bond acceptors (Lipinski definition) is 6. The van der Waals surface area contributed by atoms with Crippen LogP contribution in [0.1, 0.15) is 0 Å². The van der Waals surface area contributed by atoms with E-state index in [9.17, 15) is 17.6 Å². The first-order chi connectivity index (χ1) is 20.7. The van der Waals surface area contributed by atoms with Crippen molar-refractivity contribution in [3.8, 4) is 17.1 Å². The minimum absolute atomic E-state index is 0.104. The number of sulfonamides is 1. The van der Waals surface area contributed by atoms with Crippen LogP contribution in [-0.2, 0) is 28.9 Å². The van der Waals surface area contributed by atoms with Crippen LogP contribution in [-0.4, -0.2) is 76.4 Å². The zero-order valence-electron chi connectivity index (χ0n) is 23.7. The van der Waals surface area contributed by atoms with Crippen LogP contribution in [0.15, 0.2) is 70.5 Å². The van der Waals surface area contributed by atoms with Crippen LogP contribution in [0.3, 0.4) is 0 Å². The third kappa shape index (κ3) is 4.74. The molecule has 0 saturated carbocycles. The van der Waals surface area contributed by atoms with E-state index in [0.717, 1.165) is 24.1 Å². The topological polar surface area (TPSA) is 119 Å². The van der Waals surface area contributed by atoms with Gasteiger partial charge >= 0.3 is 5.69 Å². The number of aromatic amines is 1. The number of halogens is 1. The van der Waals surface area contributed by atoms with E-state index in [1.165, 1.54) is 12.1 Å². The lowest BCUT2D eigenvalue weighted by atomic mass is 10.1. The second-order valence-corrected chi connectivity index (χ2v) is 12.5. The number of nitrogens with zero attached hydrogens (tertiary/aromatic N) is 5. The van der Waals surface area contributed by atoms with E-state index < -0.39 is 10.0 Å². The Morgan fingerprint density at radius 3 is 2.58 bits per heavy atom. The van der Waals surface area contributed by atoms with Crippen LogP contribution in [0, 0.1) is 5.82 Å². The smallest absolute Gasteiger partial charge is 0.328 e. The molecule has 1 aliphatic heterocycles. The van der Waals surface area contributed by atoms with Gasteiger partial charge in [0.15, 0.2) is 0 Å². The van der Waals surface area contributed by atoms with Crippen molar-refractivity contribution in [1.82, 2.24) is 33.3 Å². The largest absolute Gasteiger partial charge is 0.379 e. The molecule has 0 spiro atoms. The van der Waals surface area contributed by atoms with E-state index >= 15 is 0 Å². The zero-order valence-corrected chi connectivity index (χ0v) is 24.5. The maximum absolute atomic E-state index is 14.3. The summed E-state index contributed by atoms with van der Waals surface area (Å²) in [4.78, 5) is 23.0.